The van der Waals surface area contributed by atoms with Gasteiger partial charge in [0.05, 0.1) is 17.7 Å². The van der Waals surface area contributed by atoms with Gasteiger partial charge in [-0.2, -0.15) is 0 Å². The van der Waals surface area contributed by atoms with Gasteiger partial charge in [-0.3, -0.25) is 5.41 Å². The quantitative estimate of drug-likeness (QED) is 0.656. The average Bonchev–Trinajstić information content (AvgIpc) is 2.83. The van der Waals surface area contributed by atoms with Gasteiger partial charge in [0.25, 0.3) is 0 Å². The third-order valence-electron chi connectivity index (χ3n) is 2.61. The number of ether oxygens (including phenoxy) is 1. The summed E-state index contributed by atoms with van der Waals surface area (Å²) in [5.74, 6) is 0.905. The Balaban J connectivity index is 2.40. The molecule has 4 nitrogen and oxygen atoms in total. The molecule has 5 heteroatoms. The van der Waals surface area contributed by atoms with Crippen molar-refractivity contribution in [1.82, 2.24) is 4.98 Å². The normalized spacial score (nSPS) is 10.3. The van der Waals surface area contributed by atoms with E-state index in [0.29, 0.717) is 0 Å². The number of amidine groups is 1. The van der Waals surface area contributed by atoms with Crippen LogP contribution in [0.2, 0.25) is 0 Å². The largest absolute Gasteiger partial charge is 0.497 e. The van der Waals surface area contributed by atoms with E-state index in [1.807, 2.05) is 31.2 Å². The van der Waals surface area contributed by atoms with Gasteiger partial charge in [0.2, 0.25) is 0 Å². The van der Waals surface area contributed by atoms with Gasteiger partial charge in [0.15, 0.2) is 0 Å². The molecule has 0 spiro atoms. The predicted octanol–water partition coefficient (Wildman–Crippen LogP) is 2.67. The summed E-state index contributed by atoms with van der Waals surface area (Å²) in [6, 6.07) is 7.72. The molecular formula is C13H15N3OS. The smallest absolute Gasteiger partial charge is 0.135 e. The summed E-state index contributed by atoms with van der Waals surface area (Å²) in [5, 5.41) is 8.44. The standard InChI is InChI=1S/C13H15N3OS/c1-3-10-11(12(14)15)18-13(16-10)8-4-6-9(17-2)7-5-8/h4-7H,3H2,1-2H3,(H3,14,15). The lowest BCUT2D eigenvalue weighted by Gasteiger charge is -2.00. The fourth-order valence-corrected chi connectivity index (χ4v) is 2.68. The van der Waals surface area contributed by atoms with Crippen LogP contribution in [0.5, 0.6) is 5.75 Å². The highest BCUT2D eigenvalue weighted by Crippen LogP contribution is 2.29. The number of rotatable bonds is 4. The maximum absolute atomic E-state index is 7.55. The van der Waals surface area contributed by atoms with Crippen molar-refractivity contribution in [2.75, 3.05) is 7.11 Å². The van der Waals surface area contributed by atoms with Crippen LogP contribution in [0.3, 0.4) is 0 Å². The third-order valence-corrected chi connectivity index (χ3v) is 3.79. The number of aryl methyl sites for hydroxylation is 1. The molecule has 0 bridgehead atoms. The molecule has 2 rings (SSSR count). The molecule has 0 atom stereocenters. The van der Waals surface area contributed by atoms with Crippen molar-refractivity contribution < 1.29 is 4.74 Å². The average molecular weight is 261 g/mol. The molecule has 0 aliphatic heterocycles. The number of nitrogens with two attached hydrogens (primary N) is 1. The Morgan fingerprint density at radius 2 is 2.06 bits per heavy atom. The highest BCUT2D eigenvalue weighted by molar-refractivity contribution is 7.17. The molecule has 0 amide bonds. The maximum atomic E-state index is 7.55. The van der Waals surface area contributed by atoms with Crippen LogP contribution in [0.4, 0.5) is 0 Å². The minimum atomic E-state index is 0.0871. The van der Waals surface area contributed by atoms with Crippen LogP contribution in [0, 0.1) is 5.41 Å². The molecule has 0 aliphatic carbocycles. The topological polar surface area (TPSA) is 72.0 Å². The first-order valence-electron chi connectivity index (χ1n) is 5.64. The molecule has 2 aromatic rings. The van der Waals surface area contributed by atoms with Gasteiger partial charge < -0.3 is 10.5 Å². The van der Waals surface area contributed by atoms with E-state index in [4.69, 9.17) is 15.9 Å². The van der Waals surface area contributed by atoms with Crippen molar-refractivity contribution in [3.63, 3.8) is 0 Å². The van der Waals surface area contributed by atoms with E-state index in [1.54, 1.807) is 7.11 Å². The zero-order valence-electron chi connectivity index (χ0n) is 10.4. The van der Waals surface area contributed by atoms with Gasteiger partial charge in [-0.25, -0.2) is 4.98 Å². The van der Waals surface area contributed by atoms with Crippen molar-refractivity contribution in [2.45, 2.75) is 13.3 Å². The Hall–Kier alpha value is -1.88. The van der Waals surface area contributed by atoms with E-state index < -0.39 is 0 Å². The van der Waals surface area contributed by atoms with Crippen molar-refractivity contribution >= 4 is 17.2 Å². The molecule has 18 heavy (non-hydrogen) atoms. The van der Waals surface area contributed by atoms with Crippen LogP contribution in [-0.4, -0.2) is 17.9 Å². The van der Waals surface area contributed by atoms with Crippen LogP contribution in [0.1, 0.15) is 17.5 Å². The molecule has 3 N–H and O–H groups in total. The van der Waals surface area contributed by atoms with Crippen molar-refractivity contribution in [2.24, 2.45) is 5.73 Å². The summed E-state index contributed by atoms with van der Waals surface area (Å²) in [7, 11) is 1.64. The molecule has 94 valence electrons. The molecule has 0 radical (unpaired) electrons. The molecule has 1 aromatic heterocycles. The van der Waals surface area contributed by atoms with Crippen LogP contribution >= 0.6 is 11.3 Å². The number of methoxy groups -OCH3 is 1. The Bertz CT molecular complexity index is 560. The van der Waals surface area contributed by atoms with Crippen LogP contribution < -0.4 is 10.5 Å². The van der Waals surface area contributed by atoms with E-state index in [1.165, 1.54) is 11.3 Å². The van der Waals surface area contributed by atoms with Crippen LogP contribution in [0.15, 0.2) is 24.3 Å². The summed E-state index contributed by atoms with van der Waals surface area (Å²) in [6.07, 6.45) is 0.779. The van der Waals surface area contributed by atoms with Gasteiger partial charge in [0.1, 0.15) is 16.6 Å². The number of nitrogens with zero attached hydrogens (tertiary/aromatic N) is 1. The first-order chi connectivity index (χ1) is 8.65. The minimum absolute atomic E-state index is 0.0871. The summed E-state index contributed by atoms with van der Waals surface area (Å²) < 4.78 is 5.12. The molecule has 1 aromatic carbocycles. The van der Waals surface area contributed by atoms with Crippen molar-refractivity contribution in [3.8, 4) is 16.3 Å². The summed E-state index contributed by atoms with van der Waals surface area (Å²) in [6.45, 7) is 2.01. The number of aromatic nitrogens is 1. The number of hydrogen-bond donors (Lipinski definition) is 2. The fourth-order valence-electron chi connectivity index (χ4n) is 1.66. The van der Waals surface area contributed by atoms with Gasteiger partial charge >= 0.3 is 0 Å². The summed E-state index contributed by atoms with van der Waals surface area (Å²) >= 11 is 1.46. The first kappa shape index (κ1) is 12.6. The van der Waals surface area contributed by atoms with E-state index in [2.05, 4.69) is 4.98 Å². The number of benzene rings is 1. The summed E-state index contributed by atoms with van der Waals surface area (Å²) in [5.41, 5.74) is 7.46. The Morgan fingerprint density at radius 3 is 2.50 bits per heavy atom. The van der Waals surface area contributed by atoms with Crippen LogP contribution in [-0.2, 0) is 6.42 Å². The monoisotopic (exact) mass is 261 g/mol. The van der Waals surface area contributed by atoms with E-state index in [9.17, 15) is 0 Å². The second-order valence-corrected chi connectivity index (χ2v) is 4.79. The number of nitrogen functional groups attached to an aromatic ring is 1. The molecule has 0 aliphatic rings. The third kappa shape index (κ3) is 2.36. The predicted molar refractivity (Wildman–Crippen MR) is 74.5 cm³/mol. The van der Waals surface area contributed by atoms with Gasteiger partial charge in [-0.1, -0.05) is 6.92 Å². The highest BCUT2D eigenvalue weighted by atomic mass is 32.1. The van der Waals surface area contributed by atoms with Gasteiger partial charge in [0, 0.05) is 5.56 Å². The molecule has 0 fully saturated rings. The number of hydrogen-bond acceptors (Lipinski definition) is 4. The maximum Gasteiger partial charge on any atom is 0.135 e. The molecule has 0 saturated carbocycles. The van der Waals surface area contributed by atoms with Crippen molar-refractivity contribution in [1.29, 1.82) is 5.41 Å². The number of nitrogens with one attached hydrogen (secondary N) is 1. The highest BCUT2D eigenvalue weighted by Gasteiger charge is 2.13. The van der Waals surface area contributed by atoms with E-state index in [0.717, 1.165) is 33.3 Å². The Kier molecular flexibility index (Phi) is 3.62. The first-order valence-corrected chi connectivity index (χ1v) is 6.46. The molecule has 0 saturated heterocycles. The second-order valence-electron chi connectivity index (χ2n) is 3.79. The van der Waals surface area contributed by atoms with Crippen LogP contribution in [0.25, 0.3) is 10.6 Å². The SMILES string of the molecule is CCc1nc(-c2ccc(OC)cc2)sc1C(=N)N. The Morgan fingerprint density at radius 1 is 1.39 bits per heavy atom. The molecular weight excluding hydrogens is 246 g/mol. The fraction of sp³-hybridized carbons (Fsp3) is 0.231. The zero-order valence-corrected chi connectivity index (χ0v) is 11.2. The van der Waals surface area contributed by atoms with Gasteiger partial charge in [-0.15, -0.1) is 11.3 Å². The molecule has 0 unspecified atom stereocenters. The van der Waals surface area contributed by atoms with E-state index >= 15 is 0 Å². The zero-order chi connectivity index (χ0) is 13.1. The summed E-state index contributed by atoms with van der Waals surface area (Å²) in [4.78, 5) is 5.30. The van der Waals surface area contributed by atoms with Crippen molar-refractivity contribution in [3.05, 3.63) is 34.8 Å². The number of thiazole rings is 1. The second kappa shape index (κ2) is 5.18. The lowest BCUT2D eigenvalue weighted by atomic mass is 10.2. The van der Waals surface area contributed by atoms with Gasteiger partial charge in [-0.05, 0) is 30.7 Å². The lowest BCUT2D eigenvalue weighted by Crippen LogP contribution is -2.11. The minimum Gasteiger partial charge on any atom is -0.497 e. The van der Waals surface area contributed by atoms with E-state index in [-0.39, 0.29) is 5.84 Å². The lowest BCUT2D eigenvalue weighted by molar-refractivity contribution is 0.415. The Labute approximate surface area is 110 Å². The molecule has 1 heterocycles.